The summed E-state index contributed by atoms with van der Waals surface area (Å²) >= 11 is 0. The number of hydrogen-bond acceptors (Lipinski definition) is 3. The summed E-state index contributed by atoms with van der Waals surface area (Å²) < 4.78 is 0. The van der Waals surface area contributed by atoms with Gasteiger partial charge in [0.05, 0.1) is 6.54 Å². The van der Waals surface area contributed by atoms with Gasteiger partial charge in [-0.05, 0) is 19.8 Å². The minimum absolute atomic E-state index is 0.00310. The Balaban J connectivity index is 2.15. The smallest absolute Gasteiger partial charge is 0.263 e. The molecule has 1 aliphatic carbocycles. The van der Waals surface area contributed by atoms with Crippen molar-refractivity contribution in [1.29, 1.82) is 0 Å². The zero-order chi connectivity index (χ0) is 13.1. The van der Waals surface area contributed by atoms with Gasteiger partial charge in [0.25, 0.3) is 0 Å². The second-order valence-corrected chi connectivity index (χ2v) is 4.57. The monoisotopic (exact) mass is 248 g/mol. The van der Waals surface area contributed by atoms with Crippen molar-refractivity contribution in [2.45, 2.75) is 45.1 Å². The highest BCUT2D eigenvalue weighted by molar-refractivity contribution is 6.44. The van der Waals surface area contributed by atoms with Crippen molar-refractivity contribution < 1.29 is 14.4 Å². The first-order chi connectivity index (χ1) is 8.66. The number of hydrogen-bond donors (Lipinski definition) is 0. The average molecular weight is 248 g/mol. The minimum atomic E-state index is -0.742. The highest BCUT2D eigenvalue weighted by atomic mass is 16.2. The Labute approximate surface area is 106 Å². The Hall–Kier alpha value is -1.83. The van der Waals surface area contributed by atoms with Crippen molar-refractivity contribution in [2.24, 2.45) is 0 Å². The van der Waals surface area contributed by atoms with Crippen LogP contribution in [-0.2, 0) is 9.59 Å². The molecule has 0 atom stereocenters. The van der Waals surface area contributed by atoms with E-state index in [9.17, 15) is 14.4 Å². The normalized spacial score (nSPS) is 21.3. The van der Waals surface area contributed by atoms with E-state index in [1.807, 2.05) is 0 Å². The SMILES string of the molecule is CC#CCN1C(=O)C(=O)N(C2CCCCC2)C1=O. The summed E-state index contributed by atoms with van der Waals surface area (Å²) in [6, 6.07) is -0.609. The third-order valence-corrected chi connectivity index (χ3v) is 3.44. The van der Waals surface area contributed by atoms with E-state index in [1.165, 1.54) is 0 Å². The lowest BCUT2D eigenvalue weighted by atomic mass is 9.94. The Kier molecular flexibility index (Phi) is 3.66. The summed E-state index contributed by atoms with van der Waals surface area (Å²) in [5, 5.41) is 0. The van der Waals surface area contributed by atoms with Crippen molar-refractivity contribution in [2.75, 3.05) is 6.54 Å². The van der Waals surface area contributed by atoms with Crippen LogP contribution >= 0.6 is 0 Å². The number of urea groups is 1. The van der Waals surface area contributed by atoms with Crippen LogP contribution in [0.4, 0.5) is 4.79 Å². The summed E-state index contributed by atoms with van der Waals surface area (Å²) in [6.07, 6.45) is 4.75. The Morgan fingerprint density at radius 2 is 1.78 bits per heavy atom. The van der Waals surface area contributed by atoms with Gasteiger partial charge < -0.3 is 0 Å². The molecule has 0 bridgehead atoms. The van der Waals surface area contributed by atoms with E-state index < -0.39 is 17.8 Å². The number of carbonyl (C=O) groups excluding carboxylic acids is 3. The number of imide groups is 2. The lowest BCUT2D eigenvalue weighted by Gasteiger charge is -2.28. The van der Waals surface area contributed by atoms with E-state index in [-0.39, 0.29) is 12.6 Å². The van der Waals surface area contributed by atoms with E-state index in [2.05, 4.69) is 11.8 Å². The maximum absolute atomic E-state index is 12.1. The molecule has 18 heavy (non-hydrogen) atoms. The molecule has 2 fully saturated rings. The molecule has 0 unspecified atom stereocenters. The maximum atomic E-state index is 12.1. The fraction of sp³-hybridized carbons (Fsp3) is 0.615. The van der Waals surface area contributed by atoms with Crippen LogP contribution in [0.3, 0.4) is 0 Å². The number of rotatable bonds is 2. The molecule has 1 aliphatic heterocycles. The molecule has 2 aliphatic rings. The second kappa shape index (κ2) is 5.21. The van der Waals surface area contributed by atoms with Gasteiger partial charge in [0, 0.05) is 6.04 Å². The molecule has 96 valence electrons. The summed E-state index contributed by atoms with van der Waals surface area (Å²) in [5.74, 6) is 3.84. The first kappa shape index (κ1) is 12.6. The minimum Gasteiger partial charge on any atom is -0.263 e. The molecule has 0 aromatic rings. The van der Waals surface area contributed by atoms with Gasteiger partial charge >= 0.3 is 17.8 Å². The molecule has 0 spiro atoms. The summed E-state index contributed by atoms with van der Waals surface area (Å²) in [4.78, 5) is 37.7. The zero-order valence-electron chi connectivity index (χ0n) is 10.4. The largest absolute Gasteiger partial charge is 0.335 e. The van der Waals surface area contributed by atoms with Crippen LogP contribution in [0.15, 0.2) is 0 Å². The van der Waals surface area contributed by atoms with Crippen LogP contribution < -0.4 is 0 Å². The van der Waals surface area contributed by atoms with E-state index in [4.69, 9.17) is 0 Å². The summed E-state index contributed by atoms with van der Waals surface area (Å²) in [5.41, 5.74) is 0. The van der Waals surface area contributed by atoms with Crippen LogP contribution in [0.25, 0.3) is 0 Å². The molecule has 0 aromatic heterocycles. The van der Waals surface area contributed by atoms with E-state index in [1.54, 1.807) is 6.92 Å². The predicted molar refractivity (Wildman–Crippen MR) is 64.3 cm³/mol. The van der Waals surface area contributed by atoms with Crippen molar-refractivity contribution in [3.05, 3.63) is 0 Å². The summed E-state index contributed by atoms with van der Waals surface area (Å²) in [7, 11) is 0. The van der Waals surface area contributed by atoms with Gasteiger partial charge in [-0.2, -0.15) is 0 Å². The van der Waals surface area contributed by atoms with E-state index in [0.29, 0.717) is 0 Å². The Morgan fingerprint density at radius 1 is 1.11 bits per heavy atom. The fourth-order valence-electron chi connectivity index (χ4n) is 2.48. The zero-order valence-corrected chi connectivity index (χ0v) is 10.4. The topological polar surface area (TPSA) is 57.7 Å². The Morgan fingerprint density at radius 3 is 2.39 bits per heavy atom. The average Bonchev–Trinajstić information content (AvgIpc) is 2.60. The molecule has 2 rings (SSSR count). The molecule has 0 N–H and O–H groups in total. The first-order valence-corrected chi connectivity index (χ1v) is 6.25. The second-order valence-electron chi connectivity index (χ2n) is 4.57. The van der Waals surface area contributed by atoms with Crippen LogP contribution in [0, 0.1) is 11.8 Å². The standard InChI is InChI=1S/C13H16N2O3/c1-2-3-9-14-11(16)12(17)15(13(14)18)10-7-5-4-6-8-10/h10H,4-9H2,1H3. The molecule has 1 heterocycles. The van der Waals surface area contributed by atoms with Gasteiger partial charge in [0.2, 0.25) is 0 Å². The van der Waals surface area contributed by atoms with Crippen molar-refractivity contribution in [1.82, 2.24) is 9.80 Å². The molecule has 5 nitrogen and oxygen atoms in total. The molecule has 1 saturated carbocycles. The van der Waals surface area contributed by atoms with Gasteiger partial charge in [0.1, 0.15) is 0 Å². The fourth-order valence-corrected chi connectivity index (χ4v) is 2.48. The molecule has 5 heteroatoms. The molecule has 0 aromatic carbocycles. The van der Waals surface area contributed by atoms with Gasteiger partial charge in [-0.3, -0.25) is 14.5 Å². The Bertz CT molecular complexity index is 441. The van der Waals surface area contributed by atoms with Crippen molar-refractivity contribution in [3.63, 3.8) is 0 Å². The lowest BCUT2D eigenvalue weighted by Crippen LogP contribution is -2.42. The quantitative estimate of drug-likeness (QED) is 0.418. The highest BCUT2D eigenvalue weighted by Gasteiger charge is 2.47. The van der Waals surface area contributed by atoms with E-state index in [0.717, 1.165) is 41.9 Å². The number of amides is 4. The number of carbonyl (C=O) groups is 3. The predicted octanol–water partition coefficient (Wildman–Crippen LogP) is 1.13. The van der Waals surface area contributed by atoms with Crippen LogP contribution in [0.2, 0.25) is 0 Å². The summed E-state index contributed by atoms with van der Waals surface area (Å²) in [6.45, 7) is 1.63. The third kappa shape index (κ3) is 2.10. The lowest BCUT2D eigenvalue weighted by molar-refractivity contribution is -0.144. The van der Waals surface area contributed by atoms with E-state index >= 15 is 0 Å². The van der Waals surface area contributed by atoms with Gasteiger partial charge in [-0.1, -0.05) is 25.2 Å². The molecular weight excluding hydrogens is 232 g/mol. The molecular formula is C13H16N2O3. The third-order valence-electron chi connectivity index (χ3n) is 3.44. The molecule has 4 amide bonds. The molecule has 1 saturated heterocycles. The first-order valence-electron chi connectivity index (χ1n) is 6.25. The maximum Gasteiger partial charge on any atom is 0.335 e. The van der Waals surface area contributed by atoms with Crippen molar-refractivity contribution >= 4 is 17.8 Å². The van der Waals surface area contributed by atoms with Crippen molar-refractivity contribution in [3.8, 4) is 11.8 Å². The number of nitrogens with zero attached hydrogens (tertiary/aromatic N) is 2. The molecule has 0 radical (unpaired) electrons. The van der Waals surface area contributed by atoms with Crippen LogP contribution in [0.5, 0.6) is 0 Å². The van der Waals surface area contributed by atoms with Crippen LogP contribution in [-0.4, -0.2) is 40.2 Å². The van der Waals surface area contributed by atoms with Crippen LogP contribution in [0.1, 0.15) is 39.0 Å². The van der Waals surface area contributed by atoms with Gasteiger partial charge in [-0.25, -0.2) is 9.69 Å². The highest BCUT2D eigenvalue weighted by Crippen LogP contribution is 2.26. The van der Waals surface area contributed by atoms with Gasteiger partial charge in [0.15, 0.2) is 0 Å². The van der Waals surface area contributed by atoms with Gasteiger partial charge in [-0.15, -0.1) is 5.92 Å².